The van der Waals surface area contributed by atoms with Gasteiger partial charge in [0.2, 0.25) is 0 Å². The molecule has 2 aliphatic rings. The van der Waals surface area contributed by atoms with Gasteiger partial charge in [-0.1, -0.05) is 37.3 Å². The van der Waals surface area contributed by atoms with Gasteiger partial charge in [-0.05, 0) is 24.1 Å². The Morgan fingerprint density at radius 1 is 1.21 bits per heavy atom. The Bertz CT molecular complexity index is 1060. The number of hydrogen-bond acceptors (Lipinski definition) is 5. The van der Waals surface area contributed by atoms with Crippen molar-refractivity contribution in [2.45, 2.75) is 40.9 Å². The number of carboxylic acid groups (broad SMARTS) is 1. The van der Waals surface area contributed by atoms with E-state index in [0.29, 0.717) is 5.00 Å². The summed E-state index contributed by atoms with van der Waals surface area (Å²) >= 11 is 0.863. The quantitative estimate of drug-likeness (QED) is 0.718. The number of carboxylic acids is 1. The van der Waals surface area contributed by atoms with Gasteiger partial charge in [0.05, 0.1) is 11.5 Å². The smallest absolute Gasteiger partial charge is 0.325 e. The largest absolute Gasteiger partial charge is 0.480 e. The molecule has 1 saturated heterocycles. The molecule has 1 saturated carbocycles. The topological polar surface area (TPSA) is 86.7 Å². The summed E-state index contributed by atoms with van der Waals surface area (Å²) in [5.74, 6) is -4.04. The summed E-state index contributed by atoms with van der Waals surface area (Å²) in [6.45, 7) is 1.41. The van der Waals surface area contributed by atoms with Crippen LogP contribution in [0.5, 0.6) is 0 Å². The van der Waals surface area contributed by atoms with Crippen molar-refractivity contribution in [3.63, 3.8) is 0 Å². The van der Waals surface area contributed by atoms with E-state index >= 15 is 0 Å². The van der Waals surface area contributed by atoms with Crippen molar-refractivity contribution in [3.05, 3.63) is 48.0 Å². The Morgan fingerprint density at radius 3 is 2.48 bits per heavy atom. The summed E-state index contributed by atoms with van der Waals surface area (Å²) in [5, 5.41) is 10.3. The molecule has 2 N–H and O–H groups in total. The number of hydrogen-bond donors (Lipinski definition) is 2. The lowest BCUT2D eigenvalue weighted by molar-refractivity contribution is -0.140. The third-order valence-electron chi connectivity index (χ3n) is 5.83. The lowest BCUT2D eigenvalue weighted by atomic mass is 9.93. The molecule has 6 nitrogen and oxygen atoms in total. The molecule has 1 aliphatic carbocycles. The lowest BCUT2D eigenvalue weighted by Crippen LogP contribution is -2.47. The molecular formula is C19H20F2N2O4S2. The standard InChI is InChI=1S/C19H20F2N2O4S2/c1-17(13-5-3-2-4-6-13)11-19(17,16(24)25)22-29(26,27)15-8-7-14(28-15)23-10-9-18(20,21)12-23/h2-8,22H,9-12H2,1H3,(H,24,25)/t17-,19-/m1/s1. The van der Waals surface area contributed by atoms with Gasteiger partial charge in [0.25, 0.3) is 15.9 Å². The summed E-state index contributed by atoms with van der Waals surface area (Å²) in [4.78, 5) is 13.5. The summed E-state index contributed by atoms with van der Waals surface area (Å²) < 4.78 is 55.1. The van der Waals surface area contributed by atoms with E-state index in [1.54, 1.807) is 37.3 Å². The Kier molecular flexibility index (Phi) is 4.52. The number of rotatable bonds is 6. The number of alkyl halides is 2. The van der Waals surface area contributed by atoms with Gasteiger partial charge in [-0.15, -0.1) is 11.3 Å². The molecule has 2 aromatic rings. The second-order valence-corrected chi connectivity index (χ2v) is 10.8. The Morgan fingerprint density at radius 2 is 1.90 bits per heavy atom. The van der Waals surface area contributed by atoms with Gasteiger partial charge < -0.3 is 10.0 Å². The third kappa shape index (κ3) is 3.32. The third-order valence-corrected chi connectivity index (χ3v) is 8.97. The van der Waals surface area contributed by atoms with Crippen molar-refractivity contribution in [2.24, 2.45) is 0 Å². The predicted octanol–water partition coefficient (Wildman–Crippen LogP) is 3.06. The molecule has 1 aromatic heterocycles. The Balaban J connectivity index is 1.59. The van der Waals surface area contributed by atoms with Crippen LogP contribution in [0.4, 0.5) is 13.8 Å². The first-order chi connectivity index (χ1) is 13.5. The van der Waals surface area contributed by atoms with Crippen LogP contribution in [0.25, 0.3) is 0 Å². The summed E-state index contributed by atoms with van der Waals surface area (Å²) in [6.07, 6.45) is -0.155. The SMILES string of the molecule is C[C@]1(c2ccccc2)C[C@@]1(NS(=O)(=O)c1ccc(N2CCC(F)(F)C2)s1)C(=O)O. The lowest BCUT2D eigenvalue weighted by Gasteiger charge is -2.20. The minimum atomic E-state index is -4.14. The molecule has 2 atom stereocenters. The van der Waals surface area contributed by atoms with Crippen molar-refractivity contribution >= 4 is 32.3 Å². The van der Waals surface area contributed by atoms with E-state index in [1.807, 2.05) is 0 Å². The zero-order valence-corrected chi connectivity index (χ0v) is 17.2. The van der Waals surface area contributed by atoms with Crippen LogP contribution < -0.4 is 9.62 Å². The van der Waals surface area contributed by atoms with Crippen LogP contribution >= 0.6 is 11.3 Å². The molecule has 1 aliphatic heterocycles. The fourth-order valence-corrected chi connectivity index (χ4v) is 6.75. The number of thiophene rings is 1. The molecule has 0 radical (unpaired) electrons. The van der Waals surface area contributed by atoms with E-state index < -0.39 is 39.4 Å². The van der Waals surface area contributed by atoms with Crippen molar-refractivity contribution < 1.29 is 27.1 Å². The van der Waals surface area contributed by atoms with E-state index in [2.05, 4.69) is 4.72 Å². The van der Waals surface area contributed by atoms with Crippen molar-refractivity contribution in [2.75, 3.05) is 18.0 Å². The number of aliphatic carboxylic acids is 1. The molecule has 0 bridgehead atoms. The van der Waals surface area contributed by atoms with E-state index in [4.69, 9.17) is 0 Å². The number of anilines is 1. The highest BCUT2D eigenvalue weighted by molar-refractivity contribution is 7.91. The second kappa shape index (κ2) is 6.48. The maximum Gasteiger partial charge on any atom is 0.325 e. The Labute approximate surface area is 171 Å². The van der Waals surface area contributed by atoms with Crippen LogP contribution in [-0.2, 0) is 20.2 Å². The average molecular weight is 443 g/mol. The van der Waals surface area contributed by atoms with Gasteiger partial charge in [-0.25, -0.2) is 17.2 Å². The molecule has 0 spiro atoms. The number of benzene rings is 1. The molecule has 156 valence electrons. The molecule has 2 heterocycles. The minimum Gasteiger partial charge on any atom is -0.480 e. The van der Waals surface area contributed by atoms with E-state index in [1.165, 1.54) is 17.0 Å². The van der Waals surface area contributed by atoms with Gasteiger partial charge >= 0.3 is 5.97 Å². The summed E-state index contributed by atoms with van der Waals surface area (Å²) in [5.41, 5.74) is -1.81. The fraction of sp³-hybridized carbons (Fsp3) is 0.421. The molecule has 1 aromatic carbocycles. The highest BCUT2D eigenvalue weighted by Gasteiger charge is 2.72. The van der Waals surface area contributed by atoms with Crippen LogP contribution in [0.15, 0.2) is 46.7 Å². The average Bonchev–Trinajstić information content (AvgIpc) is 3.00. The predicted molar refractivity (Wildman–Crippen MR) is 105 cm³/mol. The highest BCUT2D eigenvalue weighted by atomic mass is 32.2. The van der Waals surface area contributed by atoms with E-state index in [9.17, 15) is 27.1 Å². The maximum atomic E-state index is 13.5. The van der Waals surface area contributed by atoms with Crippen molar-refractivity contribution in [1.82, 2.24) is 4.72 Å². The van der Waals surface area contributed by atoms with E-state index in [-0.39, 0.29) is 23.6 Å². The molecule has 29 heavy (non-hydrogen) atoms. The molecule has 0 amide bonds. The fourth-order valence-electron chi connectivity index (χ4n) is 3.97. The zero-order valence-electron chi connectivity index (χ0n) is 15.6. The van der Waals surface area contributed by atoms with Gasteiger partial charge in [0.1, 0.15) is 9.75 Å². The maximum absolute atomic E-state index is 13.5. The van der Waals surface area contributed by atoms with Gasteiger partial charge in [-0.2, -0.15) is 4.72 Å². The van der Waals surface area contributed by atoms with Gasteiger partial charge in [0.15, 0.2) is 0 Å². The summed E-state index contributed by atoms with van der Waals surface area (Å²) in [6, 6.07) is 11.7. The molecular weight excluding hydrogens is 422 g/mol. The Hall–Kier alpha value is -2.04. The van der Waals surface area contributed by atoms with Crippen LogP contribution in [0.3, 0.4) is 0 Å². The van der Waals surface area contributed by atoms with Gasteiger partial charge in [-0.3, -0.25) is 4.79 Å². The number of sulfonamides is 1. The minimum absolute atomic E-state index is 0.0920. The first-order valence-corrected chi connectivity index (χ1v) is 11.3. The second-order valence-electron chi connectivity index (χ2n) is 7.81. The van der Waals surface area contributed by atoms with Crippen LogP contribution in [0, 0.1) is 0 Å². The van der Waals surface area contributed by atoms with Crippen molar-refractivity contribution in [3.8, 4) is 0 Å². The van der Waals surface area contributed by atoms with Crippen LogP contribution in [0.1, 0.15) is 25.3 Å². The van der Waals surface area contributed by atoms with Crippen LogP contribution in [-0.4, -0.2) is 44.0 Å². The summed E-state index contributed by atoms with van der Waals surface area (Å²) in [7, 11) is -4.14. The van der Waals surface area contributed by atoms with Crippen molar-refractivity contribution in [1.29, 1.82) is 0 Å². The first-order valence-electron chi connectivity index (χ1n) is 9.05. The molecule has 10 heteroatoms. The highest BCUT2D eigenvalue weighted by Crippen LogP contribution is 2.58. The number of nitrogens with one attached hydrogen (secondary N) is 1. The normalized spacial score (nSPS) is 28.4. The molecule has 4 rings (SSSR count). The molecule has 0 unspecified atom stereocenters. The number of nitrogens with zero attached hydrogens (tertiary/aromatic N) is 1. The van der Waals surface area contributed by atoms with Gasteiger partial charge in [0, 0.05) is 18.4 Å². The molecule has 2 fully saturated rings. The van der Waals surface area contributed by atoms with Crippen LogP contribution in [0.2, 0.25) is 0 Å². The number of carbonyl (C=O) groups is 1. The number of halogens is 2. The monoisotopic (exact) mass is 442 g/mol. The first kappa shape index (κ1) is 20.2. The zero-order chi connectivity index (χ0) is 21.1. The van der Waals surface area contributed by atoms with E-state index in [0.717, 1.165) is 16.9 Å².